The van der Waals surface area contributed by atoms with E-state index in [0.29, 0.717) is 17.9 Å². The highest BCUT2D eigenvalue weighted by Crippen LogP contribution is 2.28. The fraction of sp³-hybridized carbons (Fsp3) is 0.500. The summed E-state index contributed by atoms with van der Waals surface area (Å²) < 4.78 is 6.32. The van der Waals surface area contributed by atoms with Gasteiger partial charge in [0.2, 0.25) is 0 Å². The number of aliphatic hydroxyl groups excluding tert-OH is 1. The van der Waals surface area contributed by atoms with E-state index >= 15 is 0 Å². The number of carbonyl (C=O) groups excluding carboxylic acids is 1. The van der Waals surface area contributed by atoms with Gasteiger partial charge >= 0.3 is 0 Å². The summed E-state index contributed by atoms with van der Waals surface area (Å²) in [5, 5.41) is 12.4. The van der Waals surface area contributed by atoms with E-state index in [1.807, 2.05) is 6.07 Å². The minimum atomic E-state index is -0.643. The SMILES string of the molecule is CCCCNC(=O)COc1ccc(Br)cc1[C@H](C)O. The third-order valence-electron chi connectivity index (χ3n) is 2.63. The van der Waals surface area contributed by atoms with Crippen molar-refractivity contribution < 1.29 is 14.6 Å². The van der Waals surface area contributed by atoms with Crippen LogP contribution in [0.3, 0.4) is 0 Å². The molecule has 0 saturated carbocycles. The molecule has 106 valence electrons. The molecular formula is C14H20BrNO3. The molecule has 0 aliphatic carbocycles. The third-order valence-corrected chi connectivity index (χ3v) is 3.13. The van der Waals surface area contributed by atoms with Crippen LogP contribution in [-0.2, 0) is 4.79 Å². The van der Waals surface area contributed by atoms with E-state index in [0.717, 1.165) is 17.3 Å². The van der Waals surface area contributed by atoms with Crippen molar-refractivity contribution in [3.05, 3.63) is 28.2 Å². The number of benzene rings is 1. The predicted octanol–water partition coefficient (Wildman–Crippen LogP) is 2.80. The number of halogens is 1. The molecule has 4 nitrogen and oxygen atoms in total. The second-order valence-corrected chi connectivity index (χ2v) is 5.27. The molecule has 0 saturated heterocycles. The molecule has 0 heterocycles. The first-order valence-corrected chi connectivity index (χ1v) is 7.21. The Kier molecular flexibility index (Phi) is 6.87. The normalized spacial score (nSPS) is 12.0. The van der Waals surface area contributed by atoms with Crippen LogP contribution >= 0.6 is 15.9 Å². The summed E-state index contributed by atoms with van der Waals surface area (Å²) >= 11 is 3.34. The molecule has 0 unspecified atom stereocenters. The van der Waals surface area contributed by atoms with Crippen molar-refractivity contribution in [1.29, 1.82) is 0 Å². The zero-order valence-corrected chi connectivity index (χ0v) is 12.9. The second-order valence-electron chi connectivity index (χ2n) is 4.35. The predicted molar refractivity (Wildman–Crippen MR) is 78.2 cm³/mol. The Morgan fingerprint density at radius 2 is 2.26 bits per heavy atom. The minimum absolute atomic E-state index is 0.0366. The van der Waals surface area contributed by atoms with Crippen molar-refractivity contribution in [3.8, 4) is 5.75 Å². The average molecular weight is 330 g/mol. The van der Waals surface area contributed by atoms with E-state index in [2.05, 4.69) is 28.2 Å². The van der Waals surface area contributed by atoms with E-state index in [1.165, 1.54) is 0 Å². The summed E-state index contributed by atoms with van der Waals surface area (Å²) in [6, 6.07) is 5.34. The van der Waals surface area contributed by atoms with Crippen molar-refractivity contribution in [2.75, 3.05) is 13.2 Å². The monoisotopic (exact) mass is 329 g/mol. The van der Waals surface area contributed by atoms with Crippen molar-refractivity contribution in [3.63, 3.8) is 0 Å². The number of nitrogens with one attached hydrogen (secondary N) is 1. The Balaban J connectivity index is 2.55. The van der Waals surface area contributed by atoms with Crippen LogP contribution in [0.2, 0.25) is 0 Å². The molecule has 1 amide bonds. The molecule has 0 aliphatic heterocycles. The lowest BCUT2D eigenvalue weighted by molar-refractivity contribution is -0.123. The van der Waals surface area contributed by atoms with Crippen LogP contribution in [0.4, 0.5) is 0 Å². The van der Waals surface area contributed by atoms with Gasteiger partial charge in [0.15, 0.2) is 6.61 Å². The van der Waals surface area contributed by atoms with Gasteiger partial charge in [-0.25, -0.2) is 0 Å². The number of aliphatic hydroxyl groups is 1. The topological polar surface area (TPSA) is 58.6 Å². The highest BCUT2D eigenvalue weighted by atomic mass is 79.9. The quantitative estimate of drug-likeness (QED) is 0.756. The Bertz CT molecular complexity index is 421. The van der Waals surface area contributed by atoms with Crippen LogP contribution in [0.25, 0.3) is 0 Å². The first-order valence-electron chi connectivity index (χ1n) is 6.41. The lowest BCUT2D eigenvalue weighted by atomic mass is 10.1. The van der Waals surface area contributed by atoms with Gasteiger partial charge in [-0.15, -0.1) is 0 Å². The molecule has 0 bridgehead atoms. The Labute approximate surface area is 122 Å². The van der Waals surface area contributed by atoms with Crippen LogP contribution in [0.5, 0.6) is 5.75 Å². The molecule has 1 rings (SSSR count). The van der Waals surface area contributed by atoms with E-state index in [1.54, 1.807) is 19.1 Å². The summed E-state index contributed by atoms with van der Waals surface area (Å²) in [6.45, 7) is 4.36. The Morgan fingerprint density at radius 3 is 2.89 bits per heavy atom. The second kappa shape index (κ2) is 8.17. The molecule has 2 N–H and O–H groups in total. The fourth-order valence-corrected chi connectivity index (χ4v) is 1.95. The maximum atomic E-state index is 11.5. The number of hydrogen-bond acceptors (Lipinski definition) is 3. The molecule has 0 radical (unpaired) electrons. The van der Waals surface area contributed by atoms with Gasteiger partial charge in [-0.1, -0.05) is 29.3 Å². The number of amides is 1. The molecular weight excluding hydrogens is 310 g/mol. The number of hydrogen-bond donors (Lipinski definition) is 2. The van der Waals surface area contributed by atoms with Gasteiger partial charge in [0.1, 0.15) is 5.75 Å². The van der Waals surface area contributed by atoms with Gasteiger partial charge in [0.05, 0.1) is 6.10 Å². The maximum absolute atomic E-state index is 11.5. The first kappa shape index (κ1) is 16.0. The standard InChI is InChI=1S/C14H20BrNO3/c1-3-4-7-16-14(18)9-19-13-6-5-11(15)8-12(13)10(2)17/h5-6,8,10,17H,3-4,7,9H2,1-2H3,(H,16,18)/t10-/m0/s1. The smallest absolute Gasteiger partial charge is 0.257 e. The number of rotatable bonds is 7. The molecule has 19 heavy (non-hydrogen) atoms. The van der Waals surface area contributed by atoms with Gasteiger partial charge < -0.3 is 15.2 Å². The van der Waals surface area contributed by atoms with Crippen LogP contribution < -0.4 is 10.1 Å². The number of carbonyl (C=O) groups is 1. The van der Waals surface area contributed by atoms with Crippen LogP contribution in [0, 0.1) is 0 Å². The van der Waals surface area contributed by atoms with Gasteiger partial charge in [-0.3, -0.25) is 4.79 Å². The van der Waals surface area contributed by atoms with Gasteiger partial charge in [-0.2, -0.15) is 0 Å². The molecule has 1 atom stereocenters. The van der Waals surface area contributed by atoms with Gasteiger partial charge in [0, 0.05) is 16.6 Å². The maximum Gasteiger partial charge on any atom is 0.257 e. The summed E-state index contributed by atoms with van der Waals surface area (Å²) in [5.74, 6) is 0.386. The third kappa shape index (κ3) is 5.61. The molecule has 1 aromatic rings. The number of unbranched alkanes of at least 4 members (excludes halogenated alkanes) is 1. The molecule has 0 fully saturated rings. The molecule has 0 spiro atoms. The molecule has 0 aromatic heterocycles. The number of ether oxygens (including phenoxy) is 1. The molecule has 1 aromatic carbocycles. The van der Waals surface area contributed by atoms with Crippen molar-refractivity contribution >= 4 is 21.8 Å². The molecule has 5 heteroatoms. The minimum Gasteiger partial charge on any atom is -0.483 e. The lowest BCUT2D eigenvalue weighted by Crippen LogP contribution is -2.29. The summed E-state index contributed by atoms with van der Waals surface area (Å²) in [4.78, 5) is 11.5. The zero-order chi connectivity index (χ0) is 14.3. The van der Waals surface area contributed by atoms with Crippen molar-refractivity contribution in [2.45, 2.75) is 32.8 Å². The first-order chi connectivity index (χ1) is 9.04. The van der Waals surface area contributed by atoms with Crippen LogP contribution in [0.15, 0.2) is 22.7 Å². The lowest BCUT2D eigenvalue weighted by Gasteiger charge is -2.13. The Morgan fingerprint density at radius 1 is 1.53 bits per heavy atom. The highest BCUT2D eigenvalue weighted by molar-refractivity contribution is 9.10. The van der Waals surface area contributed by atoms with Crippen LogP contribution in [0.1, 0.15) is 38.4 Å². The Hall–Kier alpha value is -1.07. The fourth-order valence-electron chi connectivity index (χ4n) is 1.58. The van der Waals surface area contributed by atoms with Crippen molar-refractivity contribution in [1.82, 2.24) is 5.32 Å². The summed E-state index contributed by atoms with van der Waals surface area (Å²) in [7, 11) is 0. The van der Waals surface area contributed by atoms with Gasteiger partial charge in [0.25, 0.3) is 5.91 Å². The summed E-state index contributed by atoms with van der Waals surface area (Å²) in [6.07, 6.45) is 1.36. The zero-order valence-electron chi connectivity index (χ0n) is 11.3. The largest absolute Gasteiger partial charge is 0.483 e. The molecule has 0 aliphatic rings. The average Bonchev–Trinajstić information content (AvgIpc) is 2.37. The van der Waals surface area contributed by atoms with E-state index in [9.17, 15) is 9.90 Å². The van der Waals surface area contributed by atoms with E-state index < -0.39 is 6.10 Å². The van der Waals surface area contributed by atoms with Gasteiger partial charge in [-0.05, 0) is 31.5 Å². The summed E-state index contributed by atoms with van der Waals surface area (Å²) in [5.41, 5.74) is 0.663. The van der Waals surface area contributed by atoms with Crippen molar-refractivity contribution in [2.24, 2.45) is 0 Å². The van der Waals surface area contributed by atoms with E-state index in [-0.39, 0.29) is 12.5 Å². The van der Waals surface area contributed by atoms with E-state index in [4.69, 9.17) is 4.74 Å². The van der Waals surface area contributed by atoms with Crippen LogP contribution in [-0.4, -0.2) is 24.2 Å². The highest BCUT2D eigenvalue weighted by Gasteiger charge is 2.11.